The summed E-state index contributed by atoms with van der Waals surface area (Å²) in [5.74, 6) is -0.0133. The lowest BCUT2D eigenvalue weighted by atomic mass is 9.98. The van der Waals surface area contributed by atoms with Crippen molar-refractivity contribution < 1.29 is 23.2 Å². The number of hydrogen-bond donors (Lipinski definition) is 1. The van der Waals surface area contributed by atoms with Crippen molar-refractivity contribution in [3.05, 3.63) is 33.9 Å². The predicted molar refractivity (Wildman–Crippen MR) is 70.1 cm³/mol. The highest BCUT2D eigenvalue weighted by molar-refractivity contribution is 5.65. The van der Waals surface area contributed by atoms with Crippen LogP contribution in [0.25, 0.3) is 0 Å². The normalized spacial score (nSPS) is 19.6. The number of aliphatic hydroxyl groups is 1. The second-order valence-electron chi connectivity index (χ2n) is 5.10. The number of benzene rings is 1. The topological polar surface area (TPSA) is 66.6 Å². The third kappa shape index (κ3) is 3.44. The molecular weight excluding hydrogens is 289 g/mol. The summed E-state index contributed by atoms with van der Waals surface area (Å²) in [5, 5.41) is 20.2. The number of alkyl halides is 3. The van der Waals surface area contributed by atoms with Gasteiger partial charge in [0.15, 0.2) is 0 Å². The van der Waals surface area contributed by atoms with E-state index in [2.05, 4.69) is 0 Å². The van der Waals surface area contributed by atoms with Crippen molar-refractivity contribution >= 4 is 11.4 Å². The van der Waals surface area contributed by atoms with Gasteiger partial charge in [-0.1, -0.05) is 0 Å². The van der Waals surface area contributed by atoms with Gasteiger partial charge in [-0.3, -0.25) is 10.1 Å². The summed E-state index contributed by atoms with van der Waals surface area (Å²) in [6, 6.07) is 2.56. The fourth-order valence-corrected chi connectivity index (χ4v) is 2.55. The Morgan fingerprint density at radius 1 is 1.43 bits per heavy atom. The molecule has 1 aromatic carbocycles. The van der Waals surface area contributed by atoms with E-state index < -0.39 is 22.4 Å². The fourth-order valence-electron chi connectivity index (χ4n) is 2.55. The molecule has 1 heterocycles. The summed E-state index contributed by atoms with van der Waals surface area (Å²) in [4.78, 5) is 11.9. The Kier molecular flexibility index (Phi) is 4.36. The molecule has 1 aliphatic heterocycles. The average Bonchev–Trinajstić information content (AvgIpc) is 2.45. The van der Waals surface area contributed by atoms with Gasteiger partial charge in [0.05, 0.1) is 10.5 Å². The van der Waals surface area contributed by atoms with E-state index in [1.807, 2.05) is 0 Å². The minimum absolute atomic E-state index is 0.0133. The maximum Gasteiger partial charge on any atom is 0.416 e. The molecular formula is C13H15F3N2O3. The Morgan fingerprint density at radius 2 is 2.14 bits per heavy atom. The summed E-state index contributed by atoms with van der Waals surface area (Å²) in [7, 11) is 0. The van der Waals surface area contributed by atoms with Crippen LogP contribution >= 0.6 is 0 Å². The number of rotatable bonds is 3. The quantitative estimate of drug-likeness (QED) is 0.689. The second-order valence-corrected chi connectivity index (χ2v) is 5.10. The molecule has 0 radical (unpaired) electrons. The number of anilines is 1. The molecule has 1 N–H and O–H groups in total. The zero-order chi connectivity index (χ0) is 15.6. The van der Waals surface area contributed by atoms with Crippen LogP contribution in [0.3, 0.4) is 0 Å². The molecule has 0 aliphatic carbocycles. The van der Waals surface area contributed by atoms with Gasteiger partial charge >= 0.3 is 6.18 Å². The molecule has 0 aromatic heterocycles. The van der Waals surface area contributed by atoms with Gasteiger partial charge in [-0.25, -0.2) is 0 Å². The lowest BCUT2D eigenvalue weighted by molar-refractivity contribution is -0.384. The number of hydrogen-bond acceptors (Lipinski definition) is 4. The van der Waals surface area contributed by atoms with Crippen LogP contribution in [-0.4, -0.2) is 29.7 Å². The molecule has 0 unspecified atom stereocenters. The van der Waals surface area contributed by atoms with Crippen molar-refractivity contribution in [1.82, 2.24) is 0 Å². The minimum Gasteiger partial charge on any atom is -0.396 e. The van der Waals surface area contributed by atoms with Crippen molar-refractivity contribution in [1.29, 1.82) is 0 Å². The number of piperidine rings is 1. The number of aliphatic hydroxyl groups excluding tert-OH is 1. The fraction of sp³-hybridized carbons (Fsp3) is 0.538. The van der Waals surface area contributed by atoms with Crippen LogP contribution < -0.4 is 4.90 Å². The van der Waals surface area contributed by atoms with Crippen LogP contribution in [0.1, 0.15) is 18.4 Å². The van der Waals surface area contributed by atoms with Crippen molar-refractivity contribution in [2.75, 3.05) is 24.6 Å². The zero-order valence-corrected chi connectivity index (χ0v) is 11.1. The van der Waals surface area contributed by atoms with Crippen LogP contribution in [0.4, 0.5) is 24.5 Å². The van der Waals surface area contributed by atoms with Gasteiger partial charge in [-0.15, -0.1) is 0 Å². The molecule has 5 nitrogen and oxygen atoms in total. The predicted octanol–water partition coefficient (Wildman–Crippen LogP) is 2.82. The van der Waals surface area contributed by atoms with E-state index >= 15 is 0 Å². The molecule has 1 aromatic rings. The largest absolute Gasteiger partial charge is 0.416 e. The molecule has 0 bridgehead atoms. The number of halogens is 3. The maximum absolute atomic E-state index is 12.7. The molecule has 21 heavy (non-hydrogen) atoms. The lowest BCUT2D eigenvalue weighted by Crippen LogP contribution is -2.37. The third-order valence-corrected chi connectivity index (χ3v) is 3.62. The molecule has 1 saturated heterocycles. The van der Waals surface area contributed by atoms with Gasteiger partial charge in [0.1, 0.15) is 5.69 Å². The molecule has 116 valence electrons. The van der Waals surface area contributed by atoms with E-state index in [1.54, 1.807) is 4.90 Å². The van der Waals surface area contributed by atoms with Crippen LogP contribution in [0.5, 0.6) is 0 Å². The average molecular weight is 304 g/mol. The first kappa shape index (κ1) is 15.6. The Balaban J connectivity index is 2.37. The highest BCUT2D eigenvalue weighted by atomic mass is 19.4. The van der Waals surface area contributed by atoms with E-state index in [-0.39, 0.29) is 18.2 Å². The summed E-state index contributed by atoms with van der Waals surface area (Å²) in [6.07, 6.45) is -3.07. The molecule has 0 saturated carbocycles. The summed E-state index contributed by atoms with van der Waals surface area (Å²) >= 11 is 0. The first-order valence-electron chi connectivity index (χ1n) is 6.54. The first-order valence-corrected chi connectivity index (χ1v) is 6.54. The van der Waals surface area contributed by atoms with E-state index in [0.29, 0.717) is 19.2 Å². The van der Waals surface area contributed by atoms with Gasteiger partial charge in [-0.2, -0.15) is 13.2 Å². The van der Waals surface area contributed by atoms with Gasteiger partial charge in [0, 0.05) is 25.8 Å². The smallest absolute Gasteiger partial charge is 0.396 e. The summed E-state index contributed by atoms with van der Waals surface area (Å²) in [5.41, 5.74) is -1.41. The second kappa shape index (κ2) is 5.88. The Bertz CT molecular complexity index is 534. The van der Waals surface area contributed by atoms with E-state index in [9.17, 15) is 28.4 Å². The van der Waals surface area contributed by atoms with E-state index in [0.717, 1.165) is 25.0 Å². The maximum atomic E-state index is 12.7. The van der Waals surface area contributed by atoms with E-state index in [1.165, 1.54) is 0 Å². The number of nitro benzene ring substituents is 1. The SMILES string of the molecule is O=[N+]([O-])c1cc(C(F)(F)F)ccc1N1CCC[C@H](CO)C1. The van der Waals surface area contributed by atoms with Crippen molar-refractivity contribution in [2.45, 2.75) is 19.0 Å². The number of nitrogens with zero attached hydrogens (tertiary/aromatic N) is 2. The Labute approximate surface area is 119 Å². The molecule has 1 fully saturated rings. The van der Waals surface area contributed by atoms with Gasteiger partial charge in [0.2, 0.25) is 0 Å². The summed E-state index contributed by atoms with van der Waals surface area (Å²) < 4.78 is 38.0. The molecule has 0 amide bonds. The van der Waals surface area contributed by atoms with E-state index in [4.69, 9.17) is 0 Å². The van der Waals surface area contributed by atoms with Crippen LogP contribution in [-0.2, 0) is 6.18 Å². The monoisotopic (exact) mass is 304 g/mol. The standard InChI is InChI=1S/C13H15F3N2O3/c14-13(15,16)10-3-4-11(12(6-10)18(20)21)17-5-1-2-9(7-17)8-19/h3-4,6,9,19H,1-2,5,7-8H2/t9-/m0/s1. The molecule has 1 atom stereocenters. The highest BCUT2D eigenvalue weighted by Gasteiger charge is 2.34. The Morgan fingerprint density at radius 3 is 2.71 bits per heavy atom. The molecule has 2 rings (SSSR count). The first-order chi connectivity index (χ1) is 9.82. The zero-order valence-electron chi connectivity index (χ0n) is 11.1. The lowest BCUT2D eigenvalue weighted by Gasteiger charge is -2.33. The van der Waals surface area contributed by atoms with Crippen molar-refractivity contribution in [3.8, 4) is 0 Å². The third-order valence-electron chi connectivity index (χ3n) is 3.62. The van der Waals surface area contributed by atoms with Crippen LogP contribution in [0.2, 0.25) is 0 Å². The molecule has 0 spiro atoms. The van der Waals surface area contributed by atoms with Gasteiger partial charge in [0.25, 0.3) is 5.69 Å². The van der Waals surface area contributed by atoms with Gasteiger partial charge < -0.3 is 10.0 Å². The number of nitro groups is 1. The van der Waals surface area contributed by atoms with Crippen LogP contribution in [0, 0.1) is 16.0 Å². The Hall–Kier alpha value is -1.83. The summed E-state index contributed by atoms with van der Waals surface area (Å²) in [6.45, 7) is 0.899. The highest BCUT2D eigenvalue weighted by Crippen LogP contribution is 2.37. The molecule has 8 heteroatoms. The van der Waals surface area contributed by atoms with Crippen molar-refractivity contribution in [3.63, 3.8) is 0 Å². The van der Waals surface area contributed by atoms with Gasteiger partial charge in [-0.05, 0) is 30.9 Å². The molecule has 1 aliphatic rings. The van der Waals surface area contributed by atoms with Crippen molar-refractivity contribution in [2.24, 2.45) is 5.92 Å². The van der Waals surface area contributed by atoms with Crippen LogP contribution in [0.15, 0.2) is 18.2 Å². The minimum atomic E-state index is -4.61.